The van der Waals surface area contributed by atoms with Crippen LogP contribution in [0.2, 0.25) is 0 Å². The molecule has 0 radical (unpaired) electrons. The second-order valence-electron chi connectivity index (χ2n) is 6.24. The topological polar surface area (TPSA) is 134 Å². The van der Waals surface area contributed by atoms with Crippen molar-refractivity contribution in [2.45, 2.75) is 26.3 Å². The van der Waals surface area contributed by atoms with E-state index in [-0.39, 0.29) is 37.4 Å². The molecular formula is C19H21N5O5. The minimum absolute atomic E-state index is 0.00706. The molecule has 0 aliphatic carbocycles. The molecule has 0 saturated heterocycles. The average Bonchev–Trinajstić information content (AvgIpc) is 2.68. The molecule has 29 heavy (non-hydrogen) atoms. The Morgan fingerprint density at radius 1 is 1.34 bits per heavy atom. The van der Waals surface area contributed by atoms with Crippen LogP contribution in [-0.2, 0) is 17.7 Å². The molecule has 1 aliphatic rings. The van der Waals surface area contributed by atoms with Crippen LogP contribution >= 0.6 is 0 Å². The molecule has 0 unspecified atom stereocenters. The maximum atomic E-state index is 12.7. The Hall–Kier alpha value is -3.69. The molecule has 2 N–H and O–H groups in total. The van der Waals surface area contributed by atoms with E-state index >= 15 is 0 Å². The van der Waals surface area contributed by atoms with Gasteiger partial charge in [-0.15, -0.1) is 0 Å². The molecule has 2 aromatic rings. The summed E-state index contributed by atoms with van der Waals surface area (Å²) in [6.07, 6.45) is 4.52. The molecule has 1 aromatic carbocycles. The van der Waals surface area contributed by atoms with Gasteiger partial charge in [-0.25, -0.2) is 4.79 Å². The third kappa shape index (κ3) is 4.78. The van der Waals surface area contributed by atoms with Crippen molar-refractivity contribution < 1.29 is 19.2 Å². The number of nitrogens with two attached hydrogens (primary N) is 1. The fraction of sp³-hybridized carbons (Fsp3) is 0.316. The number of rotatable bonds is 2. The van der Waals surface area contributed by atoms with Crippen LogP contribution in [0.3, 0.4) is 0 Å². The van der Waals surface area contributed by atoms with Gasteiger partial charge in [0.05, 0.1) is 24.7 Å². The van der Waals surface area contributed by atoms with E-state index in [1.54, 1.807) is 6.92 Å². The highest BCUT2D eigenvalue weighted by Gasteiger charge is 2.32. The van der Waals surface area contributed by atoms with E-state index in [0.29, 0.717) is 12.8 Å². The van der Waals surface area contributed by atoms with Crippen LogP contribution in [0.15, 0.2) is 36.4 Å². The van der Waals surface area contributed by atoms with Crippen LogP contribution in [0.4, 0.5) is 22.1 Å². The Morgan fingerprint density at radius 3 is 2.90 bits per heavy atom. The van der Waals surface area contributed by atoms with Crippen LogP contribution in [0, 0.1) is 10.1 Å². The number of nitro groups is 1. The molecule has 2 heterocycles. The summed E-state index contributed by atoms with van der Waals surface area (Å²) in [7, 11) is 0. The minimum atomic E-state index is -0.781. The Bertz CT molecular complexity index is 947. The van der Waals surface area contributed by atoms with Gasteiger partial charge in [0.2, 0.25) is 11.6 Å². The number of carbonyl (C=O) groups excluding carboxylic acids is 1. The summed E-state index contributed by atoms with van der Waals surface area (Å²) in [6.45, 7) is 2.00. The van der Waals surface area contributed by atoms with E-state index in [9.17, 15) is 14.9 Å². The monoisotopic (exact) mass is 399 g/mol. The SMILES string of the molecule is CCOC(=O)N1Cc2cccc(c2)C/C=C\CCOc2nc(N)c([N+](=O)[O-])c1n2. The summed E-state index contributed by atoms with van der Waals surface area (Å²) in [5.74, 6) is -0.658. The van der Waals surface area contributed by atoms with Crippen LogP contribution in [0.25, 0.3) is 0 Å². The van der Waals surface area contributed by atoms with E-state index in [0.717, 1.165) is 16.0 Å². The molecule has 1 amide bonds. The van der Waals surface area contributed by atoms with E-state index in [2.05, 4.69) is 9.97 Å². The number of nitrogens with zero attached hydrogens (tertiary/aromatic N) is 4. The first-order valence-corrected chi connectivity index (χ1v) is 9.11. The molecule has 152 valence electrons. The number of aromatic nitrogens is 2. The summed E-state index contributed by atoms with van der Waals surface area (Å²) in [5, 5.41) is 11.6. The van der Waals surface area contributed by atoms with Crippen molar-refractivity contribution in [2.75, 3.05) is 23.8 Å². The van der Waals surface area contributed by atoms with Crippen LogP contribution in [0.1, 0.15) is 24.5 Å². The van der Waals surface area contributed by atoms with Gasteiger partial charge in [-0.3, -0.25) is 15.0 Å². The number of nitrogen functional groups attached to an aromatic ring is 1. The summed E-state index contributed by atoms with van der Waals surface area (Å²) in [4.78, 5) is 32.6. The average molecular weight is 399 g/mol. The van der Waals surface area contributed by atoms with Gasteiger partial charge in [0, 0.05) is 0 Å². The van der Waals surface area contributed by atoms with Gasteiger partial charge in [-0.2, -0.15) is 9.97 Å². The van der Waals surface area contributed by atoms with E-state index in [1.165, 1.54) is 0 Å². The number of amides is 1. The van der Waals surface area contributed by atoms with Gasteiger partial charge in [0.1, 0.15) is 0 Å². The standard InChI is InChI=1S/C19H21N5O5/c1-2-28-19(25)23-12-14-9-6-8-13(11-14)7-4-3-5-10-29-18-21-16(20)15(24(26)27)17(23)22-18/h3-4,6,8-9,11H,2,5,7,10,12H2,1H3,(H2,20,21,22)/b4-3-. The highest BCUT2D eigenvalue weighted by molar-refractivity contribution is 5.90. The van der Waals surface area contributed by atoms with Gasteiger partial charge < -0.3 is 15.2 Å². The van der Waals surface area contributed by atoms with Crippen molar-refractivity contribution in [1.82, 2.24) is 9.97 Å². The van der Waals surface area contributed by atoms with Gasteiger partial charge in [0.15, 0.2) is 0 Å². The largest absolute Gasteiger partial charge is 0.463 e. The van der Waals surface area contributed by atoms with Gasteiger partial charge in [-0.1, -0.05) is 36.4 Å². The first-order chi connectivity index (χ1) is 14.0. The summed E-state index contributed by atoms with van der Waals surface area (Å²) < 4.78 is 10.6. The molecule has 4 bridgehead atoms. The zero-order valence-electron chi connectivity index (χ0n) is 15.9. The normalized spacial score (nSPS) is 15.0. The molecule has 0 fully saturated rings. The van der Waals surface area contributed by atoms with E-state index < -0.39 is 16.7 Å². The Kier molecular flexibility index (Phi) is 6.22. The van der Waals surface area contributed by atoms with Crippen molar-refractivity contribution in [2.24, 2.45) is 0 Å². The molecule has 1 aliphatic heterocycles. The summed E-state index contributed by atoms with van der Waals surface area (Å²) in [6, 6.07) is 7.44. The van der Waals surface area contributed by atoms with Crippen LogP contribution < -0.4 is 15.4 Å². The van der Waals surface area contributed by atoms with Crippen molar-refractivity contribution in [3.63, 3.8) is 0 Å². The first-order valence-electron chi connectivity index (χ1n) is 9.11. The minimum Gasteiger partial charge on any atom is -0.463 e. The number of anilines is 2. The van der Waals surface area contributed by atoms with Gasteiger partial charge >= 0.3 is 17.8 Å². The van der Waals surface area contributed by atoms with Gasteiger partial charge in [-0.05, 0) is 30.9 Å². The smallest absolute Gasteiger partial charge is 0.415 e. The Labute approximate surface area is 167 Å². The summed E-state index contributed by atoms with van der Waals surface area (Å²) in [5.41, 5.74) is 7.03. The fourth-order valence-corrected chi connectivity index (χ4v) is 2.89. The predicted octanol–water partition coefficient (Wildman–Crippen LogP) is 3.01. The van der Waals surface area contributed by atoms with Crippen molar-refractivity contribution in [1.29, 1.82) is 0 Å². The maximum Gasteiger partial charge on any atom is 0.415 e. The molecular weight excluding hydrogens is 378 g/mol. The first kappa shape index (κ1) is 20.1. The lowest BCUT2D eigenvalue weighted by atomic mass is 10.1. The number of hydrogen-bond donors (Lipinski definition) is 1. The zero-order chi connectivity index (χ0) is 20.8. The fourth-order valence-electron chi connectivity index (χ4n) is 2.89. The zero-order valence-corrected chi connectivity index (χ0v) is 15.9. The third-order valence-corrected chi connectivity index (χ3v) is 4.17. The second kappa shape index (κ2) is 9.00. The maximum absolute atomic E-state index is 12.7. The molecule has 0 atom stereocenters. The predicted molar refractivity (Wildman–Crippen MR) is 106 cm³/mol. The van der Waals surface area contributed by atoms with Crippen LogP contribution in [0.5, 0.6) is 6.01 Å². The quantitative estimate of drug-likeness (QED) is 0.463. The highest BCUT2D eigenvalue weighted by Crippen LogP contribution is 2.34. The van der Waals surface area contributed by atoms with Crippen LogP contribution in [-0.4, -0.2) is 34.2 Å². The number of ether oxygens (including phenoxy) is 2. The number of fused-ring (bicyclic) bond motifs is 4. The van der Waals surface area contributed by atoms with Crippen molar-refractivity contribution >= 4 is 23.4 Å². The molecule has 10 heteroatoms. The third-order valence-electron chi connectivity index (χ3n) is 4.17. The lowest BCUT2D eigenvalue weighted by Crippen LogP contribution is -2.33. The van der Waals surface area contributed by atoms with Crippen molar-refractivity contribution in [3.05, 3.63) is 57.7 Å². The molecule has 10 nitrogen and oxygen atoms in total. The molecule has 0 spiro atoms. The molecule has 3 rings (SSSR count). The van der Waals surface area contributed by atoms with E-state index in [1.807, 2.05) is 36.4 Å². The lowest BCUT2D eigenvalue weighted by molar-refractivity contribution is -0.383. The number of hydrogen-bond acceptors (Lipinski definition) is 8. The number of allylic oxidation sites excluding steroid dienone is 1. The number of benzene rings is 1. The highest BCUT2D eigenvalue weighted by atomic mass is 16.6. The molecule has 1 aromatic heterocycles. The lowest BCUT2D eigenvalue weighted by Gasteiger charge is -2.22. The van der Waals surface area contributed by atoms with E-state index in [4.69, 9.17) is 15.2 Å². The number of carbonyl (C=O) groups is 1. The summed E-state index contributed by atoms with van der Waals surface area (Å²) >= 11 is 0. The van der Waals surface area contributed by atoms with Gasteiger partial charge in [0.25, 0.3) is 0 Å². The molecule has 0 saturated carbocycles. The Balaban J connectivity index is 2.16. The van der Waals surface area contributed by atoms with Crippen molar-refractivity contribution in [3.8, 4) is 6.01 Å². The second-order valence-corrected chi connectivity index (χ2v) is 6.24. The Morgan fingerprint density at radius 2 is 2.14 bits per heavy atom.